The highest BCUT2D eigenvalue weighted by Crippen LogP contribution is 2.38. The lowest BCUT2D eigenvalue weighted by Crippen LogP contribution is -1.96. The maximum absolute atomic E-state index is 13.3. The van der Waals surface area contributed by atoms with E-state index in [2.05, 4.69) is 0 Å². The molecule has 3 heteroatoms. The first kappa shape index (κ1) is 11.4. The average Bonchev–Trinajstić information content (AvgIpc) is 2.67. The van der Waals surface area contributed by atoms with Crippen LogP contribution >= 0.6 is 11.6 Å². The smallest absolute Gasteiger partial charge is 0.164 e. The fourth-order valence-electron chi connectivity index (χ4n) is 2.47. The third kappa shape index (κ3) is 1.83. The van der Waals surface area contributed by atoms with Gasteiger partial charge in [-0.15, -0.1) is 0 Å². The molecule has 0 aliphatic heterocycles. The van der Waals surface area contributed by atoms with Crippen LogP contribution in [0.15, 0.2) is 42.5 Å². The third-order valence-electron chi connectivity index (χ3n) is 3.35. The predicted molar refractivity (Wildman–Crippen MR) is 68.6 cm³/mol. The summed E-state index contributed by atoms with van der Waals surface area (Å²) in [4.78, 5) is 11.9. The lowest BCUT2D eigenvalue weighted by atomic mass is 9.93. The normalized spacial score (nSPS) is 17.9. The summed E-state index contributed by atoms with van der Waals surface area (Å²) in [5, 5.41) is 0.655. The molecule has 0 saturated carbocycles. The molecule has 0 aromatic heterocycles. The van der Waals surface area contributed by atoms with Crippen LogP contribution in [0.3, 0.4) is 0 Å². The molecule has 1 nitrogen and oxygen atoms in total. The van der Waals surface area contributed by atoms with Gasteiger partial charge in [0.25, 0.3) is 0 Å². The standard InChI is InChI=1S/C15H10ClFO/c16-10-3-1-9(2-4-10)13-8-15(18)12-6-5-11(17)7-14(12)13/h1-7,13H,8H2/t13-/m0/s1. The Morgan fingerprint density at radius 3 is 2.56 bits per heavy atom. The van der Waals surface area contributed by atoms with Crippen LogP contribution in [0.5, 0.6) is 0 Å². The molecule has 0 N–H and O–H groups in total. The zero-order valence-corrected chi connectivity index (χ0v) is 10.2. The summed E-state index contributed by atoms with van der Waals surface area (Å²) in [6.07, 6.45) is 0.403. The monoisotopic (exact) mass is 260 g/mol. The number of hydrogen-bond donors (Lipinski definition) is 0. The Labute approximate surface area is 109 Å². The highest BCUT2D eigenvalue weighted by Gasteiger charge is 2.30. The number of halogens is 2. The van der Waals surface area contributed by atoms with E-state index < -0.39 is 0 Å². The molecule has 1 aliphatic rings. The van der Waals surface area contributed by atoms with E-state index in [4.69, 9.17) is 11.6 Å². The molecule has 0 saturated heterocycles. The lowest BCUT2D eigenvalue weighted by Gasteiger charge is -2.11. The largest absolute Gasteiger partial charge is 0.294 e. The summed E-state index contributed by atoms with van der Waals surface area (Å²) >= 11 is 5.85. The van der Waals surface area contributed by atoms with Gasteiger partial charge < -0.3 is 0 Å². The summed E-state index contributed by atoms with van der Waals surface area (Å²) in [6, 6.07) is 11.7. The molecule has 0 unspecified atom stereocenters. The van der Waals surface area contributed by atoms with E-state index in [1.54, 1.807) is 18.2 Å². The van der Waals surface area contributed by atoms with Crippen LogP contribution in [0.4, 0.5) is 4.39 Å². The molecular weight excluding hydrogens is 251 g/mol. The van der Waals surface area contributed by atoms with Crippen LogP contribution in [0.25, 0.3) is 0 Å². The maximum atomic E-state index is 13.3. The van der Waals surface area contributed by atoms with E-state index in [0.29, 0.717) is 17.0 Å². The molecule has 0 spiro atoms. The van der Waals surface area contributed by atoms with E-state index >= 15 is 0 Å². The van der Waals surface area contributed by atoms with Crippen LogP contribution in [0, 0.1) is 5.82 Å². The van der Waals surface area contributed by atoms with Gasteiger partial charge in [-0.25, -0.2) is 4.39 Å². The van der Waals surface area contributed by atoms with E-state index in [0.717, 1.165) is 11.1 Å². The number of carbonyl (C=O) groups is 1. The number of hydrogen-bond acceptors (Lipinski definition) is 1. The van der Waals surface area contributed by atoms with Gasteiger partial charge in [0.2, 0.25) is 0 Å². The number of ketones is 1. The van der Waals surface area contributed by atoms with E-state index in [1.165, 1.54) is 12.1 Å². The van der Waals surface area contributed by atoms with Gasteiger partial charge in [-0.05, 0) is 41.5 Å². The van der Waals surface area contributed by atoms with Gasteiger partial charge in [-0.1, -0.05) is 23.7 Å². The van der Waals surface area contributed by atoms with Crippen molar-refractivity contribution in [1.29, 1.82) is 0 Å². The van der Waals surface area contributed by atoms with E-state index in [9.17, 15) is 9.18 Å². The summed E-state index contributed by atoms with van der Waals surface area (Å²) in [7, 11) is 0. The van der Waals surface area contributed by atoms with Crippen LogP contribution in [0.2, 0.25) is 5.02 Å². The molecule has 3 rings (SSSR count). The highest BCUT2D eigenvalue weighted by atomic mass is 35.5. The molecule has 0 fully saturated rings. The second-order valence-electron chi connectivity index (χ2n) is 4.46. The summed E-state index contributed by atoms with van der Waals surface area (Å²) in [6.45, 7) is 0. The maximum Gasteiger partial charge on any atom is 0.164 e. The van der Waals surface area contributed by atoms with Crippen molar-refractivity contribution < 1.29 is 9.18 Å². The average molecular weight is 261 g/mol. The Hall–Kier alpha value is -1.67. The highest BCUT2D eigenvalue weighted by molar-refractivity contribution is 6.30. The third-order valence-corrected chi connectivity index (χ3v) is 3.60. The van der Waals surface area contributed by atoms with Crippen LogP contribution in [0.1, 0.15) is 33.8 Å². The van der Waals surface area contributed by atoms with Gasteiger partial charge in [0.05, 0.1) is 0 Å². The van der Waals surface area contributed by atoms with Crippen molar-refractivity contribution in [2.24, 2.45) is 0 Å². The first-order valence-corrected chi connectivity index (χ1v) is 6.11. The van der Waals surface area contributed by atoms with Crippen molar-refractivity contribution in [1.82, 2.24) is 0 Å². The van der Waals surface area contributed by atoms with E-state index in [1.807, 2.05) is 12.1 Å². The van der Waals surface area contributed by atoms with Gasteiger partial charge in [-0.3, -0.25) is 4.79 Å². The number of fused-ring (bicyclic) bond motifs is 1. The molecule has 1 atom stereocenters. The molecule has 90 valence electrons. The fourth-order valence-corrected chi connectivity index (χ4v) is 2.60. The Morgan fingerprint density at radius 1 is 1.11 bits per heavy atom. The van der Waals surface area contributed by atoms with Crippen molar-refractivity contribution in [3.63, 3.8) is 0 Å². The van der Waals surface area contributed by atoms with Crippen LogP contribution < -0.4 is 0 Å². The molecule has 0 amide bonds. The fraction of sp³-hybridized carbons (Fsp3) is 0.133. The van der Waals surface area contributed by atoms with Gasteiger partial charge in [-0.2, -0.15) is 0 Å². The second-order valence-corrected chi connectivity index (χ2v) is 4.90. The molecule has 18 heavy (non-hydrogen) atoms. The second kappa shape index (κ2) is 4.21. The van der Waals surface area contributed by atoms with E-state index in [-0.39, 0.29) is 17.5 Å². The van der Waals surface area contributed by atoms with Crippen molar-refractivity contribution in [2.45, 2.75) is 12.3 Å². The summed E-state index contributed by atoms with van der Waals surface area (Å²) in [5.74, 6) is -0.284. The molecule has 0 radical (unpaired) electrons. The number of benzene rings is 2. The topological polar surface area (TPSA) is 17.1 Å². The Morgan fingerprint density at radius 2 is 1.83 bits per heavy atom. The summed E-state index contributed by atoms with van der Waals surface area (Å²) < 4.78 is 13.3. The molecular formula is C15H10ClFO. The first-order valence-electron chi connectivity index (χ1n) is 5.73. The van der Waals surface area contributed by atoms with Crippen LogP contribution in [-0.4, -0.2) is 5.78 Å². The zero-order valence-electron chi connectivity index (χ0n) is 9.49. The van der Waals surface area contributed by atoms with Crippen molar-refractivity contribution in [3.05, 3.63) is 70.0 Å². The minimum absolute atomic E-state index is 0.0551. The van der Waals surface area contributed by atoms with Gasteiger partial charge in [0.1, 0.15) is 5.82 Å². The predicted octanol–water partition coefficient (Wildman–Crippen LogP) is 4.20. The number of rotatable bonds is 1. The Kier molecular flexibility index (Phi) is 2.67. The molecule has 0 heterocycles. The van der Waals surface area contributed by atoms with Crippen molar-refractivity contribution in [3.8, 4) is 0 Å². The number of Topliss-reactive ketones (excluding diaryl/α,β-unsaturated/α-hetero) is 1. The molecule has 1 aliphatic carbocycles. The zero-order chi connectivity index (χ0) is 12.7. The Balaban J connectivity index is 2.09. The van der Waals surface area contributed by atoms with Crippen molar-refractivity contribution >= 4 is 17.4 Å². The quantitative estimate of drug-likeness (QED) is 0.751. The van der Waals surface area contributed by atoms with Crippen molar-refractivity contribution in [2.75, 3.05) is 0 Å². The van der Waals surface area contributed by atoms with Gasteiger partial charge in [0, 0.05) is 22.9 Å². The van der Waals surface area contributed by atoms with Crippen LogP contribution in [-0.2, 0) is 0 Å². The lowest BCUT2D eigenvalue weighted by molar-refractivity contribution is 0.0991. The molecule has 2 aromatic carbocycles. The Bertz CT molecular complexity index is 619. The SMILES string of the molecule is O=C1C[C@@H](c2ccc(Cl)cc2)c2cc(F)ccc21. The molecule has 2 aromatic rings. The van der Waals surface area contributed by atoms with Gasteiger partial charge in [0.15, 0.2) is 5.78 Å². The van der Waals surface area contributed by atoms with Gasteiger partial charge >= 0.3 is 0 Å². The number of carbonyl (C=O) groups excluding carboxylic acids is 1. The minimum atomic E-state index is -0.303. The molecule has 0 bridgehead atoms. The first-order chi connectivity index (χ1) is 8.65. The summed E-state index contributed by atoms with van der Waals surface area (Å²) in [5.41, 5.74) is 2.41. The minimum Gasteiger partial charge on any atom is -0.294 e.